The van der Waals surface area contributed by atoms with Crippen molar-refractivity contribution < 1.29 is 18.7 Å². The van der Waals surface area contributed by atoms with Crippen molar-refractivity contribution in [1.29, 1.82) is 0 Å². The second kappa shape index (κ2) is 10.3. The summed E-state index contributed by atoms with van der Waals surface area (Å²) in [5.41, 5.74) is 1.09. The number of hydrogen-bond donors (Lipinski definition) is 0. The Labute approximate surface area is 195 Å². The monoisotopic (exact) mass is 472 g/mol. The number of amides is 2. The first kappa shape index (κ1) is 22.5. The van der Waals surface area contributed by atoms with E-state index in [9.17, 15) is 14.0 Å². The number of hydrogen-bond acceptors (Lipinski definition) is 5. The van der Waals surface area contributed by atoms with Crippen molar-refractivity contribution in [3.63, 3.8) is 0 Å². The minimum atomic E-state index is -0.321. The van der Waals surface area contributed by atoms with Gasteiger partial charge in [0.25, 0.3) is 5.91 Å². The van der Waals surface area contributed by atoms with E-state index in [1.54, 1.807) is 34.4 Å². The fourth-order valence-electron chi connectivity index (χ4n) is 3.91. The van der Waals surface area contributed by atoms with Crippen LogP contribution in [0.2, 0.25) is 0 Å². The summed E-state index contributed by atoms with van der Waals surface area (Å²) in [6.45, 7) is 3.41. The molecule has 1 aliphatic rings. The number of ether oxygens (including phenoxy) is 1. The van der Waals surface area contributed by atoms with Gasteiger partial charge in [0.1, 0.15) is 24.7 Å². The number of benzene rings is 1. The van der Waals surface area contributed by atoms with Crippen LogP contribution in [0.5, 0.6) is 5.75 Å². The predicted octanol–water partition coefficient (Wildman–Crippen LogP) is 5.01. The molecule has 0 saturated heterocycles. The molecule has 0 fully saturated rings. The quantitative estimate of drug-likeness (QED) is 0.463. The van der Waals surface area contributed by atoms with Crippen molar-refractivity contribution in [1.82, 2.24) is 9.80 Å². The Hall–Kier alpha value is -2.71. The lowest BCUT2D eigenvalue weighted by Gasteiger charge is -2.37. The molecule has 4 rings (SSSR count). The maximum absolute atomic E-state index is 13.4. The number of rotatable bonds is 8. The summed E-state index contributed by atoms with van der Waals surface area (Å²) >= 11 is 3.07. The molecule has 0 aliphatic carbocycles. The van der Waals surface area contributed by atoms with Gasteiger partial charge in [-0.15, -0.1) is 22.7 Å². The summed E-state index contributed by atoms with van der Waals surface area (Å²) in [5, 5.41) is 3.90. The van der Waals surface area contributed by atoms with Crippen molar-refractivity contribution >= 4 is 34.5 Å². The van der Waals surface area contributed by atoms with Crippen LogP contribution >= 0.6 is 22.7 Å². The SMILES string of the molecule is CCCN(CC(=O)N1CCc2sccc2[C@@H]1COc1ccc(F)cc1)C(=O)c1cccs1. The Morgan fingerprint density at radius 2 is 1.97 bits per heavy atom. The van der Waals surface area contributed by atoms with Crippen molar-refractivity contribution in [3.05, 3.63) is 74.4 Å². The zero-order chi connectivity index (χ0) is 22.5. The molecule has 5 nitrogen and oxygen atoms in total. The molecular weight excluding hydrogens is 447 g/mol. The van der Waals surface area contributed by atoms with Crippen LogP contribution in [0.15, 0.2) is 53.2 Å². The zero-order valence-electron chi connectivity index (χ0n) is 17.8. The molecule has 3 aromatic rings. The molecule has 3 heterocycles. The molecule has 1 aromatic carbocycles. The van der Waals surface area contributed by atoms with E-state index in [0.29, 0.717) is 23.7 Å². The maximum Gasteiger partial charge on any atom is 0.264 e. The van der Waals surface area contributed by atoms with Crippen molar-refractivity contribution in [2.24, 2.45) is 0 Å². The van der Waals surface area contributed by atoms with Crippen LogP contribution in [-0.2, 0) is 11.2 Å². The molecule has 1 aliphatic heterocycles. The average Bonchev–Trinajstić information content (AvgIpc) is 3.50. The van der Waals surface area contributed by atoms with E-state index < -0.39 is 0 Å². The van der Waals surface area contributed by atoms with Gasteiger partial charge in [0.15, 0.2) is 0 Å². The van der Waals surface area contributed by atoms with E-state index in [1.165, 1.54) is 28.3 Å². The first-order valence-electron chi connectivity index (χ1n) is 10.6. The van der Waals surface area contributed by atoms with E-state index in [0.717, 1.165) is 18.4 Å². The highest BCUT2D eigenvalue weighted by atomic mass is 32.1. The minimum absolute atomic E-state index is 0.0388. The molecular formula is C24H25FN2O3S2. The van der Waals surface area contributed by atoms with Crippen LogP contribution in [-0.4, -0.2) is 47.9 Å². The Morgan fingerprint density at radius 3 is 2.69 bits per heavy atom. The van der Waals surface area contributed by atoms with Gasteiger partial charge < -0.3 is 14.5 Å². The highest BCUT2D eigenvalue weighted by Crippen LogP contribution is 2.34. The summed E-state index contributed by atoms with van der Waals surface area (Å²) in [6.07, 6.45) is 1.56. The first-order valence-corrected chi connectivity index (χ1v) is 12.4. The van der Waals surface area contributed by atoms with Crippen LogP contribution < -0.4 is 4.74 Å². The number of carbonyl (C=O) groups is 2. The molecule has 0 radical (unpaired) electrons. The van der Waals surface area contributed by atoms with Gasteiger partial charge in [0.2, 0.25) is 5.91 Å². The second-order valence-electron chi connectivity index (χ2n) is 7.62. The van der Waals surface area contributed by atoms with Crippen LogP contribution in [0.3, 0.4) is 0 Å². The van der Waals surface area contributed by atoms with E-state index in [-0.39, 0.29) is 36.8 Å². The van der Waals surface area contributed by atoms with Crippen molar-refractivity contribution in [3.8, 4) is 5.75 Å². The molecule has 0 bridgehead atoms. The van der Waals surface area contributed by atoms with Gasteiger partial charge in [-0.05, 0) is 65.6 Å². The molecule has 8 heteroatoms. The summed E-state index contributed by atoms with van der Waals surface area (Å²) in [7, 11) is 0. The third kappa shape index (κ3) is 5.02. The number of nitrogens with zero attached hydrogens (tertiary/aromatic N) is 2. The highest BCUT2D eigenvalue weighted by molar-refractivity contribution is 7.12. The number of carbonyl (C=O) groups excluding carboxylic acids is 2. The number of halogens is 1. The van der Waals surface area contributed by atoms with Crippen LogP contribution in [0.4, 0.5) is 4.39 Å². The minimum Gasteiger partial charge on any atom is -0.491 e. The fourth-order valence-corrected chi connectivity index (χ4v) is 5.53. The molecule has 0 N–H and O–H groups in total. The Kier molecular flexibility index (Phi) is 7.22. The summed E-state index contributed by atoms with van der Waals surface area (Å²) in [5.74, 6) is 0.0375. The molecule has 2 aromatic heterocycles. The highest BCUT2D eigenvalue weighted by Gasteiger charge is 2.33. The van der Waals surface area contributed by atoms with Crippen molar-refractivity contribution in [2.75, 3.05) is 26.2 Å². The normalized spacial score (nSPS) is 15.3. The standard InChI is InChI=1S/C24H25FN2O3S2/c1-2-11-26(24(29)22-4-3-13-31-22)15-23(28)27-12-9-21-19(10-14-32-21)20(27)16-30-18-7-5-17(25)6-8-18/h3-8,10,13-14,20H,2,9,11-12,15-16H2,1H3/t20-/m0/s1. The van der Waals surface area contributed by atoms with E-state index >= 15 is 0 Å². The first-order chi connectivity index (χ1) is 15.6. The number of fused-ring (bicyclic) bond motifs is 1. The Morgan fingerprint density at radius 1 is 1.16 bits per heavy atom. The molecule has 1 atom stereocenters. The van der Waals surface area contributed by atoms with Gasteiger partial charge in [0, 0.05) is 18.0 Å². The van der Waals surface area contributed by atoms with Crippen LogP contribution in [0.25, 0.3) is 0 Å². The smallest absolute Gasteiger partial charge is 0.264 e. The molecule has 0 saturated carbocycles. The lowest BCUT2D eigenvalue weighted by atomic mass is 10.0. The van der Waals surface area contributed by atoms with Gasteiger partial charge in [-0.25, -0.2) is 4.39 Å². The molecule has 168 valence electrons. The fraction of sp³-hybridized carbons (Fsp3) is 0.333. The van der Waals surface area contributed by atoms with Crippen LogP contribution in [0, 0.1) is 5.82 Å². The van der Waals surface area contributed by atoms with Gasteiger partial charge in [-0.1, -0.05) is 13.0 Å². The van der Waals surface area contributed by atoms with Crippen LogP contribution in [0.1, 0.15) is 39.5 Å². The third-order valence-electron chi connectivity index (χ3n) is 5.48. The largest absolute Gasteiger partial charge is 0.491 e. The molecule has 32 heavy (non-hydrogen) atoms. The van der Waals surface area contributed by atoms with Gasteiger partial charge >= 0.3 is 0 Å². The summed E-state index contributed by atoms with van der Waals surface area (Å²) < 4.78 is 19.1. The third-order valence-corrected chi connectivity index (χ3v) is 7.33. The lowest BCUT2D eigenvalue weighted by molar-refractivity contribution is -0.135. The maximum atomic E-state index is 13.4. The van der Waals surface area contributed by atoms with Gasteiger partial charge in [-0.2, -0.15) is 0 Å². The van der Waals surface area contributed by atoms with E-state index in [4.69, 9.17) is 4.74 Å². The average molecular weight is 473 g/mol. The van der Waals surface area contributed by atoms with Gasteiger partial charge in [0.05, 0.1) is 10.9 Å². The van der Waals surface area contributed by atoms with E-state index in [2.05, 4.69) is 0 Å². The molecule has 0 unspecified atom stereocenters. The summed E-state index contributed by atoms with van der Waals surface area (Å²) in [6, 6.07) is 11.3. The summed E-state index contributed by atoms with van der Waals surface area (Å²) in [4.78, 5) is 31.6. The number of thiophene rings is 2. The van der Waals surface area contributed by atoms with Gasteiger partial charge in [-0.3, -0.25) is 9.59 Å². The Balaban J connectivity index is 1.50. The second-order valence-corrected chi connectivity index (χ2v) is 9.57. The predicted molar refractivity (Wildman–Crippen MR) is 125 cm³/mol. The molecule has 0 spiro atoms. The lowest BCUT2D eigenvalue weighted by Crippen LogP contribution is -2.48. The zero-order valence-corrected chi connectivity index (χ0v) is 19.5. The van der Waals surface area contributed by atoms with E-state index in [1.807, 2.05) is 34.7 Å². The Bertz CT molecular complexity index is 1050. The van der Waals surface area contributed by atoms with Crippen molar-refractivity contribution in [2.45, 2.75) is 25.8 Å². The molecule has 2 amide bonds. The topological polar surface area (TPSA) is 49.9 Å².